The Hall–Kier alpha value is -5.30. The van der Waals surface area contributed by atoms with E-state index in [0.717, 1.165) is 36.0 Å². The van der Waals surface area contributed by atoms with E-state index in [4.69, 9.17) is 21.2 Å². The van der Waals surface area contributed by atoms with Gasteiger partial charge in [0.05, 0.1) is 22.8 Å². The predicted octanol–water partition coefficient (Wildman–Crippen LogP) is 6.43. The first-order chi connectivity index (χ1) is 25.3. The normalized spacial score (nSPS) is 18.2. The maximum absolute atomic E-state index is 14.9. The molecule has 0 saturated heterocycles. The second-order valence-electron chi connectivity index (χ2n) is 14.7. The van der Waals surface area contributed by atoms with Gasteiger partial charge >= 0.3 is 5.97 Å². The fraction of sp³-hybridized carbons (Fsp3) is 0.385. The highest BCUT2D eigenvalue weighted by Gasteiger charge is 2.43. The SMILES string of the molecule is CC(C)c1nnc2n1CCN(c1cccc3c1CCN(C(=O)[C@H]1CC(c4cccc(Cl)c4F)=NO1)C3C(=O)Nc1ccc(C(=O)OC(C)(C)C)cc1)C2. The Labute approximate surface area is 311 Å². The first-order valence-corrected chi connectivity index (χ1v) is 18.1. The van der Waals surface area contributed by atoms with Gasteiger partial charge in [0, 0.05) is 48.9 Å². The second kappa shape index (κ2) is 14.3. The number of anilines is 2. The third-order valence-corrected chi connectivity index (χ3v) is 9.85. The fourth-order valence-corrected chi connectivity index (χ4v) is 7.27. The first-order valence-electron chi connectivity index (χ1n) is 17.7. The Bertz CT molecular complexity index is 2110. The molecule has 1 unspecified atom stereocenters. The van der Waals surface area contributed by atoms with E-state index in [0.29, 0.717) is 29.8 Å². The molecule has 0 aliphatic carbocycles. The van der Waals surface area contributed by atoms with Crippen LogP contribution in [-0.4, -0.2) is 68.0 Å². The number of oxime groups is 1. The maximum Gasteiger partial charge on any atom is 0.338 e. The van der Waals surface area contributed by atoms with Crippen LogP contribution in [0.1, 0.15) is 91.7 Å². The molecule has 4 heterocycles. The topological polar surface area (TPSA) is 131 Å². The summed E-state index contributed by atoms with van der Waals surface area (Å²) in [6.45, 7) is 11.8. The lowest BCUT2D eigenvalue weighted by Gasteiger charge is -2.40. The highest BCUT2D eigenvalue weighted by atomic mass is 35.5. The molecule has 12 nitrogen and oxygen atoms in total. The molecule has 0 spiro atoms. The molecule has 14 heteroatoms. The largest absolute Gasteiger partial charge is 0.456 e. The van der Waals surface area contributed by atoms with E-state index in [1.165, 1.54) is 17.0 Å². The van der Waals surface area contributed by atoms with Crippen LogP contribution in [0.3, 0.4) is 0 Å². The standard InChI is InChI=1S/C39H41ClFN7O5/c1-22(2)35-44-43-32-21-46(18-19-47(32)35)30-11-7-8-26-25(30)16-17-48(37(50)31-20-29(45-53-31)27-9-6-10-28(40)33(27)41)34(26)36(49)42-24-14-12-23(13-15-24)38(51)52-39(3,4)5/h6-15,22,31,34H,16-21H2,1-5H3,(H,42,49)/t31-,34?/m1/s1. The number of carbonyl (C=O) groups excluding carboxylic acids is 3. The number of halogens is 2. The summed E-state index contributed by atoms with van der Waals surface area (Å²) >= 11 is 6.01. The van der Waals surface area contributed by atoms with Crippen molar-refractivity contribution in [3.8, 4) is 0 Å². The van der Waals surface area contributed by atoms with Crippen molar-refractivity contribution in [2.75, 3.05) is 23.3 Å². The molecule has 1 aromatic heterocycles. The van der Waals surface area contributed by atoms with Gasteiger partial charge < -0.3 is 29.3 Å². The zero-order valence-corrected chi connectivity index (χ0v) is 31.0. The summed E-state index contributed by atoms with van der Waals surface area (Å²) in [5.74, 6) is 0.0667. The van der Waals surface area contributed by atoms with Crippen LogP contribution in [0.15, 0.2) is 65.8 Å². The van der Waals surface area contributed by atoms with E-state index in [1.807, 2.05) is 18.2 Å². The molecule has 0 saturated carbocycles. The Morgan fingerprint density at radius 3 is 2.49 bits per heavy atom. The van der Waals surface area contributed by atoms with E-state index in [9.17, 15) is 18.8 Å². The van der Waals surface area contributed by atoms with Gasteiger partial charge in [0.15, 0.2) is 11.6 Å². The van der Waals surface area contributed by atoms with Gasteiger partial charge in [-0.2, -0.15) is 0 Å². The summed E-state index contributed by atoms with van der Waals surface area (Å²) in [4.78, 5) is 50.6. The van der Waals surface area contributed by atoms with Crippen molar-refractivity contribution in [3.63, 3.8) is 0 Å². The van der Waals surface area contributed by atoms with Crippen molar-refractivity contribution in [1.29, 1.82) is 0 Å². The van der Waals surface area contributed by atoms with Crippen molar-refractivity contribution in [2.24, 2.45) is 5.16 Å². The number of esters is 1. The van der Waals surface area contributed by atoms with E-state index >= 15 is 0 Å². The lowest BCUT2D eigenvalue weighted by Crippen LogP contribution is -2.49. The molecule has 4 aromatic rings. The van der Waals surface area contributed by atoms with Gasteiger partial charge in [-0.05, 0) is 80.8 Å². The maximum atomic E-state index is 14.9. The highest BCUT2D eigenvalue weighted by Crippen LogP contribution is 2.39. The molecule has 0 bridgehead atoms. The Morgan fingerprint density at radius 2 is 1.75 bits per heavy atom. The molecule has 3 aliphatic heterocycles. The Morgan fingerprint density at radius 1 is 1.00 bits per heavy atom. The number of aromatic nitrogens is 3. The molecule has 7 rings (SSSR count). The van der Waals surface area contributed by atoms with Gasteiger partial charge in [-0.3, -0.25) is 9.59 Å². The average molecular weight is 742 g/mol. The molecule has 3 aliphatic rings. The number of fused-ring (bicyclic) bond motifs is 2. The van der Waals surface area contributed by atoms with Crippen molar-refractivity contribution in [2.45, 2.75) is 84.2 Å². The van der Waals surface area contributed by atoms with E-state index in [2.05, 4.69) is 44.0 Å². The molecule has 2 atom stereocenters. The summed E-state index contributed by atoms with van der Waals surface area (Å²) in [5, 5.41) is 15.9. The summed E-state index contributed by atoms with van der Waals surface area (Å²) in [5.41, 5.74) is 3.14. The number of nitrogens with one attached hydrogen (secondary N) is 1. The summed E-state index contributed by atoms with van der Waals surface area (Å²) in [7, 11) is 0. The Balaban J connectivity index is 1.18. The molecule has 3 aromatic carbocycles. The lowest BCUT2D eigenvalue weighted by molar-refractivity contribution is -0.148. The van der Waals surface area contributed by atoms with Crippen molar-refractivity contribution < 1.29 is 28.3 Å². The van der Waals surface area contributed by atoms with E-state index < -0.39 is 41.3 Å². The lowest BCUT2D eigenvalue weighted by atomic mass is 9.89. The van der Waals surface area contributed by atoms with E-state index in [-0.39, 0.29) is 35.2 Å². The average Bonchev–Trinajstić information content (AvgIpc) is 3.79. The van der Waals surface area contributed by atoms with Gasteiger partial charge in [-0.1, -0.05) is 48.8 Å². The fourth-order valence-electron chi connectivity index (χ4n) is 7.10. The number of nitrogens with zero attached hydrogens (tertiary/aromatic N) is 6. The minimum atomic E-state index is -1.07. The zero-order valence-electron chi connectivity index (χ0n) is 30.2. The number of hydrogen-bond acceptors (Lipinski definition) is 9. The highest BCUT2D eigenvalue weighted by molar-refractivity contribution is 6.31. The minimum Gasteiger partial charge on any atom is -0.456 e. The van der Waals surface area contributed by atoms with Crippen molar-refractivity contribution in [1.82, 2.24) is 19.7 Å². The van der Waals surface area contributed by atoms with Crippen molar-refractivity contribution in [3.05, 3.63) is 105 Å². The van der Waals surface area contributed by atoms with Crippen LogP contribution in [0.4, 0.5) is 15.8 Å². The number of hydrogen-bond donors (Lipinski definition) is 1. The van der Waals surface area contributed by atoms with Gasteiger partial charge in [-0.15, -0.1) is 10.2 Å². The van der Waals surface area contributed by atoms with Crippen LogP contribution < -0.4 is 10.2 Å². The van der Waals surface area contributed by atoms with E-state index in [1.54, 1.807) is 51.1 Å². The number of benzene rings is 3. The molecule has 0 radical (unpaired) electrons. The monoisotopic (exact) mass is 741 g/mol. The van der Waals surface area contributed by atoms with Gasteiger partial charge in [0.25, 0.3) is 11.8 Å². The van der Waals surface area contributed by atoms with Crippen LogP contribution >= 0.6 is 11.6 Å². The van der Waals surface area contributed by atoms with Crippen LogP contribution in [-0.2, 0) is 38.7 Å². The number of rotatable bonds is 7. The molecule has 0 fully saturated rings. The number of ether oxygens (including phenoxy) is 1. The van der Waals surface area contributed by atoms with Crippen LogP contribution in [0.2, 0.25) is 5.02 Å². The summed E-state index contributed by atoms with van der Waals surface area (Å²) in [6, 6.07) is 15.8. The first kappa shape index (κ1) is 36.1. The molecule has 276 valence electrons. The van der Waals surface area contributed by atoms with Gasteiger partial charge in [0.2, 0.25) is 6.10 Å². The Kier molecular flexibility index (Phi) is 9.71. The molecule has 1 N–H and O–H groups in total. The smallest absolute Gasteiger partial charge is 0.338 e. The quantitative estimate of drug-likeness (QED) is 0.215. The third kappa shape index (κ3) is 7.22. The van der Waals surface area contributed by atoms with Crippen LogP contribution in [0.25, 0.3) is 0 Å². The number of carbonyl (C=O) groups is 3. The number of amides is 2. The minimum absolute atomic E-state index is 0.00673. The van der Waals surface area contributed by atoms with Crippen molar-refractivity contribution >= 4 is 46.5 Å². The third-order valence-electron chi connectivity index (χ3n) is 9.56. The molecule has 2 amide bonds. The summed E-state index contributed by atoms with van der Waals surface area (Å²) in [6.07, 6.45) is -0.581. The van der Waals surface area contributed by atoms with Gasteiger partial charge in [0.1, 0.15) is 17.5 Å². The summed E-state index contributed by atoms with van der Waals surface area (Å²) < 4.78 is 22.5. The molecular formula is C39H41ClFN7O5. The van der Waals surface area contributed by atoms with Crippen LogP contribution in [0.5, 0.6) is 0 Å². The zero-order chi connectivity index (χ0) is 37.6. The van der Waals surface area contributed by atoms with Gasteiger partial charge in [-0.25, -0.2) is 9.18 Å². The molecular weight excluding hydrogens is 701 g/mol. The second-order valence-corrected chi connectivity index (χ2v) is 15.1. The molecule has 53 heavy (non-hydrogen) atoms. The van der Waals surface area contributed by atoms with Crippen LogP contribution in [0, 0.1) is 5.82 Å². The predicted molar refractivity (Wildman–Crippen MR) is 197 cm³/mol.